The summed E-state index contributed by atoms with van der Waals surface area (Å²) in [5.41, 5.74) is 9.64. The number of para-hydroxylation sites is 1. The summed E-state index contributed by atoms with van der Waals surface area (Å²) in [4.78, 5) is 28.5. The number of hydrogen-bond donors (Lipinski definition) is 3. The number of aromatic amines is 1. The summed E-state index contributed by atoms with van der Waals surface area (Å²) >= 11 is 0. The van der Waals surface area contributed by atoms with Gasteiger partial charge in [-0.2, -0.15) is 0 Å². The Hall–Kier alpha value is -4.85. The van der Waals surface area contributed by atoms with Gasteiger partial charge in [0, 0.05) is 11.3 Å². The van der Waals surface area contributed by atoms with Gasteiger partial charge in [0.25, 0.3) is 5.91 Å². The maximum absolute atomic E-state index is 12.4. The summed E-state index contributed by atoms with van der Waals surface area (Å²) in [5, 5.41) is 5.93. The van der Waals surface area contributed by atoms with Crippen molar-refractivity contribution in [3.8, 4) is 22.8 Å². The predicted molar refractivity (Wildman–Crippen MR) is 126 cm³/mol. The Balaban J connectivity index is 1.54. The summed E-state index contributed by atoms with van der Waals surface area (Å²) in [6.45, 7) is 3.45. The van der Waals surface area contributed by atoms with Gasteiger partial charge in [-0.25, -0.2) is 9.50 Å². The van der Waals surface area contributed by atoms with E-state index in [4.69, 9.17) is 10.5 Å². The third-order valence-electron chi connectivity index (χ3n) is 5.17. The highest BCUT2D eigenvalue weighted by Gasteiger charge is 2.22. The number of rotatable bonds is 6. The molecule has 162 valence electrons. The molecule has 0 aliphatic rings. The molecule has 0 radical (unpaired) electrons. The molecule has 0 atom stereocenters. The standard InChI is InChI=1S/C25H19N5O3/c1-2-21(31)27-16-10-13-20-19(14-16)28-25-22(24(26)32)23(29-30(20)25)15-8-11-18(12-9-15)33-17-6-4-3-5-7-17/h2-14,29H,1H2,(H2,26,32)(H,27,31). The maximum Gasteiger partial charge on any atom is 0.254 e. The van der Waals surface area contributed by atoms with Crippen molar-refractivity contribution in [2.75, 3.05) is 5.32 Å². The van der Waals surface area contributed by atoms with Crippen molar-refractivity contribution in [1.82, 2.24) is 14.6 Å². The number of nitrogens with zero attached hydrogens (tertiary/aromatic N) is 2. The first kappa shape index (κ1) is 20.1. The monoisotopic (exact) mass is 437 g/mol. The van der Waals surface area contributed by atoms with Gasteiger partial charge in [-0.15, -0.1) is 0 Å². The number of amides is 2. The number of benzene rings is 3. The molecule has 0 aliphatic carbocycles. The van der Waals surface area contributed by atoms with Crippen LogP contribution in [-0.4, -0.2) is 26.4 Å². The minimum absolute atomic E-state index is 0.277. The van der Waals surface area contributed by atoms with E-state index in [1.54, 1.807) is 22.7 Å². The zero-order valence-electron chi connectivity index (χ0n) is 17.4. The van der Waals surface area contributed by atoms with Crippen LogP contribution in [0.5, 0.6) is 11.5 Å². The first-order valence-corrected chi connectivity index (χ1v) is 10.1. The Morgan fingerprint density at radius 3 is 2.45 bits per heavy atom. The zero-order valence-corrected chi connectivity index (χ0v) is 17.4. The molecule has 0 saturated heterocycles. The van der Waals surface area contributed by atoms with Gasteiger partial charge in [0.1, 0.15) is 17.1 Å². The minimum atomic E-state index is -0.601. The van der Waals surface area contributed by atoms with Crippen LogP contribution in [0.4, 0.5) is 5.69 Å². The summed E-state index contributed by atoms with van der Waals surface area (Å²) < 4.78 is 7.55. The van der Waals surface area contributed by atoms with Crippen LogP contribution in [-0.2, 0) is 4.79 Å². The van der Waals surface area contributed by atoms with Crippen LogP contribution in [0.3, 0.4) is 0 Å². The number of carbonyl (C=O) groups excluding carboxylic acids is 2. The van der Waals surface area contributed by atoms with E-state index in [9.17, 15) is 9.59 Å². The van der Waals surface area contributed by atoms with Crippen molar-refractivity contribution in [2.45, 2.75) is 0 Å². The third kappa shape index (κ3) is 3.70. The molecule has 2 aromatic heterocycles. The smallest absolute Gasteiger partial charge is 0.254 e. The molecule has 0 fully saturated rings. The van der Waals surface area contributed by atoms with Crippen molar-refractivity contribution in [1.29, 1.82) is 0 Å². The lowest BCUT2D eigenvalue weighted by atomic mass is 10.1. The molecule has 4 N–H and O–H groups in total. The lowest BCUT2D eigenvalue weighted by Crippen LogP contribution is -2.12. The number of aromatic nitrogens is 3. The molecule has 2 heterocycles. The van der Waals surface area contributed by atoms with Gasteiger partial charge in [-0.3, -0.25) is 14.7 Å². The first-order valence-electron chi connectivity index (χ1n) is 10.1. The van der Waals surface area contributed by atoms with Gasteiger partial charge >= 0.3 is 0 Å². The van der Waals surface area contributed by atoms with E-state index in [2.05, 4.69) is 22.0 Å². The molecule has 0 saturated carbocycles. The second kappa shape index (κ2) is 8.01. The van der Waals surface area contributed by atoms with E-state index >= 15 is 0 Å². The minimum Gasteiger partial charge on any atom is -0.457 e. The molecule has 8 nitrogen and oxygen atoms in total. The molecule has 0 spiro atoms. The number of hydrogen-bond acceptors (Lipinski definition) is 4. The molecule has 0 unspecified atom stereocenters. The fourth-order valence-electron chi connectivity index (χ4n) is 3.67. The van der Waals surface area contributed by atoms with Gasteiger partial charge < -0.3 is 15.8 Å². The number of ether oxygens (including phenoxy) is 1. The van der Waals surface area contributed by atoms with Gasteiger partial charge in [-0.1, -0.05) is 24.8 Å². The van der Waals surface area contributed by atoms with Gasteiger partial charge in [0.2, 0.25) is 5.91 Å². The summed E-state index contributed by atoms with van der Waals surface area (Å²) in [7, 11) is 0. The summed E-state index contributed by atoms with van der Waals surface area (Å²) in [5.74, 6) is 0.480. The molecular weight excluding hydrogens is 418 g/mol. The van der Waals surface area contributed by atoms with Crippen LogP contribution >= 0.6 is 0 Å². The van der Waals surface area contributed by atoms with Crippen molar-refractivity contribution in [3.05, 3.63) is 91.0 Å². The molecule has 2 amide bonds. The largest absolute Gasteiger partial charge is 0.457 e. The average Bonchev–Trinajstić information content (AvgIpc) is 3.35. The Labute approximate surface area is 188 Å². The SMILES string of the molecule is C=CC(=O)Nc1ccc2c(c1)nc1c(C(N)=O)c(-c3ccc(Oc4ccccc4)cc3)[nH]n12. The van der Waals surface area contributed by atoms with E-state index in [1.165, 1.54) is 6.08 Å². The topological polar surface area (TPSA) is 115 Å². The second-order valence-corrected chi connectivity index (χ2v) is 7.33. The highest BCUT2D eigenvalue weighted by atomic mass is 16.5. The molecule has 33 heavy (non-hydrogen) atoms. The van der Waals surface area contributed by atoms with Crippen LogP contribution in [0, 0.1) is 0 Å². The molecule has 5 aromatic rings. The van der Waals surface area contributed by atoms with Gasteiger partial charge in [0.15, 0.2) is 5.65 Å². The number of fused-ring (bicyclic) bond motifs is 3. The van der Waals surface area contributed by atoms with Crippen molar-refractivity contribution >= 4 is 34.2 Å². The van der Waals surface area contributed by atoms with Crippen LogP contribution in [0.2, 0.25) is 0 Å². The van der Waals surface area contributed by atoms with Gasteiger partial charge in [-0.05, 0) is 60.7 Å². The van der Waals surface area contributed by atoms with Crippen molar-refractivity contribution in [3.63, 3.8) is 0 Å². The number of carbonyl (C=O) groups is 2. The van der Waals surface area contributed by atoms with Crippen molar-refractivity contribution < 1.29 is 14.3 Å². The Morgan fingerprint density at radius 1 is 1.03 bits per heavy atom. The molecule has 3 aromatic carbocycles. The molecule has 5 rings (SSSR count). The fraction of sp³-hybridized carbons (Fsp3) is 0. The van der Waals surface area contributed by atoms with E-state index in [0.29, 0.717) is 28.3 Å². The maximum atomic E-state index is 12.4. The fourth-order valence-corrected chi connectivity index (χ4v) is 3.67. The highest BCUT2D eigenvalue weighted by molar-refractivity contribution is 6.06. The summed E-state index contributed by atoms with van der Waals surface area (Å²) in [6, 6.07) is 22.1. The predicted octanol–water partition coefficient (Wildman–Crippen LogP) is 4.50. The van der Waals surface area contributed by atoms with Crippen LogP contribution < -0.4 is 15.8 Å². The van der Waals surface area contributed by atoms with Crippen LogP contribution in [0.25, 0.3) is 27.9 Å². The number of imidazole rings is 1. The normalized spacial score (nSPS) is 10.9. The van der Waals surface area contributed by atoms with E-state index in [1.807, 2.05) is 54.6 Å². The quantitative estimate of drug-likeness (QED) is 0.339. The number of anilines is 1. The Kier molecular flexibility index (Phi) is 4.87. The second-order valence-electron chi connectivity index (χ2n) is 7.33. The zero-order chi connectivity index (χ0) is 22.9. The summed E-state index contributed by atoms with van der Waals surface area (Å²) in [6.07, 6.45) is 1.19. The lowest BCUT2D eigenvalue weighted by molar-refractivity contribution is -0.111. The number of nitrogens with two attached hydrogens (primary N) is 1. The van der Waals surface area contributed by atoms with Gasteiger partial charge in [0.05, 0.1) is 16.7 Å². The third-order valence-corrected chi connectivity index (χ3v) is 5.17. The number of primary amides is 1. The first-order chi connectivity index (χ1) is 16.0. The number of nitrogens with one attached hydrogen (secondary N) is 2. The van der Waals surface area contributed by atoms with Crippen LogP contribution in [0.1, 0.15) is 10.4 Å². The van der Waals surface area contributed by atoms with E-state index in [-0.39, 0.29) is 11.5 Å². The van der Waals surface area contributed by atoms with E-state index < -0.39 is 5.91 Å². The van der Waals surface area contributed by atoms with Crippen LogP contribution in [0.15, 0.2) is 85.5 Å². The Bertz CT molecular complexity index is 1520. The molecule has 0 aliphatic heterocycles. The molecule has 0 bridgehead atoms. The Morgan fingerprint density at radius 2 is 1.76 bits per heavy atom. The lowest BCUT2D eigenvalue weighted by Gasteiger charge is -2.07. The van der Waals surface area contributed by atoms with Crippen molar-refractivity contribution in [2.24, 2.45) is 5.73 Å². The highest BCUT2D eigenvalue weighted by Crippen LogP contribution is 2.31. The molecule has 8 heteroatoms. The van der Waals surface area contributed by atoms with E-state index in [0.717, 1.165) is 16.8 Å². The molecular formula is C25H19N5O3. The average molecular weight is 437 g/mol. The number of H-pyrrole nitrogens is 1.